The van der Waals surface area contributed by atoms with Gasteiger partial charge in [0, 0.05) is 6.42 Å². The molecule has 0 spiro atoms. The number of benzene rings is 2. The van der Waals surface area contributed by atoms with Crippen molar-refractivity contribution in [1.82, 2.24) is 9.80 Å². The van der Waals surface area contributed by atoms with E-state index < -0.39 is 35.9 Å². The Kier molecular flexibility index (Phi) is 6.36. The molecule has 1 heterocycles. The third-order valence-corrected chi connectivity index (χ3v) is 5.25. The number of carbonyl (C=O) groups excluding carboxylic acids is 2. The fraction of sp³-hybridized carbons (Fsp3) is 0.286. The number of nitrogens with zero attached hydrogens (tertiary/aromatic N) is 2. The fourth-order valence-corrected chi connectivity index (χ4v) is 3.70. The molecule has 1 aliphatic rings. The minimum atomic E-state index is -1.15. The van der Waals surface area contributed by atoms with E-state index in [9.17, 15) is 19.5 Å². The van der Waals surface area contributed by atoms with Crippen LogP contribution in [-0.2, 0) is 22.4 Å². The number of urea groups is 1. The van der Waals surface area contributed by atoms with Gasteiger partial charge in [0.1, 0.15) is 12.6 Å². The molecule has 1 N–H and O–H groups in total. The van der Waals surface area contributed by atoms with Gasteiger partial charge in [0.2, 0.25) is 0 Å². The molecule has 28 heavy (non-hydrogen) atoms. The molecular weight excluding hydrogens is 376 g/mol. The van der Waals surface area contributed by atoms with E-state index in [1.54, 1.807) is 0 Å². The van der Waals surface area contributed by atoms with Gasteiger partial charge in [-0.3, -0.25) is 9.59 Å². The second-order valence-corrected chi connectivity index (χ2v) is 7.32. The van der Waals surface area contributed by atoms with Gasteiger partial charge in [-0.2, -0.15) is 12.6 Å². The first-order chi connectivity index (χ1) is 13.5. The van der Waals surface area contributed by atoms with Crippen molar-refractivity contribution in [3.63, 3.8) is 0 Å². The summed E-state index contributed by atoms with van der Waals surface area (Å²) in [7, 11) is 0. The van der Waals surface area contributed by atoms with E-state index in [2.05, 4.69) is 12.6 Å². The van der Waals surface area contributed by atoms with Gasteiger partial charge in [-0.25, -0.2) is 9.69 Å². The highest BCUT2D eigenvalue weighted by Gasteiger charge is 2.47. The van der Waals surface area contributed by atoms with Crippen LogP contribution in [0.2, 0.25) is 0 Å². The number of rotatable bonds is 8. The third kappa shape index (κ3) is 4.54. The van der Waals surface area contributed by atoms with Crippen molar-refractivity contribution in [2.24, 2.45) is 0 Å². The maximum atomic E-state index is 13.0. The number of thiol groups is 1. The molecule has 0 bridgehead atoms. The highest BCUT2D eigenvalue weighted by molar-refractivity contribution is 7.80. The number of hydrogen-bond acceptors (Lipinski definition) is 4. The molecule has 1 aliphatic heterocycles. The number of hydrogen-bond donors (Lipinski definition) is 2. The summed E-state index contributed by atoms with van der Waals surface area (Å²) >= 11 is 4.48. The summed E-state index contributed by atoms with van der Waals surface area (Å²) in [6.07, 6.45) is 1.42. The molecule has 1 saturated heterocycles. The van der Waals surface area contributed by atoms with Crippen LogP contribution in [-0.4, -0.2) is 50.8 Å². The topological polar surface area (TPSA) is 77.9 Å². The molecule has 3 rings (SSSR count). The smallest absolute Gasteiger partial charge is 0.328 e. The molecule has 0 saturated carbocycles. The summed E-state index contributed by atoms with van der Waals surface area (Å²) < 4.78 is 0. The number of carboxylic acids is 1. The minimum Gasteiger partial charge on any atom is -0.480 e. The second-order valence-electron chi connectivity index (χ2n) is 6.72. The molecule has 7 heteroatoms. The number of aliphatic carboxylic acids is 1. The molecule has 2 aromatic rings. The van der Waals surface area contributed by atoms with Gasteiger partial charge in [-0.05, 0) is 24.0 Å². The molecule has 0 aromatic heterocycles. The summed E-state index contributed by atoms with van der Waals surface area (Å²) in [5, 5.41) is 8.58. The van der Waals surface area contributed by atoms with Gasteiger partial charge in [0.25, 0.3) is 5.91 Å². The van der Waals surface area contributed by atoms with Crippen LogP contribution >= 0.6 is 12.6 Å². The number of aryl methyl sites for hydroxylation is 1. The molecule has 0 aliphatic carbocycles. The summed E-state index contributed by atoms with van der Waals surface area (Å²) in [6, 6.07) is 17.6. The van der Waals surface area contributed by atoms with Gasteiger partial charge >= 0.3 is 12.0 Å². The van der Waals surface area contributed by atoms with Gasteiger partial charge in [-0.15, -0.1) is 0 Å². The molecule has 6 nitrogen and oxygen atoms in total. The summed E-state index contributed by atoms with van der Waals surface area (Å²) in [5.74, 6) is -1.55. The fourth-order valence-electron chi connectivity index (χ4n) is 3.36. The van der Waals surface area contributed by atoms with Crippen molar-refractivity contribution < 1.29 is 19.5 Å². The van der Waals surface area contributed by atoms with Crippen LogP contribution in [0, 0.1) is 0 Å². The number of carboxylic acid groups (broad SMARTS) is 1. The van der Waals surface area contributed by atoms with E-state index in [0.717, 1.165) is 20.9 Å². The predicted molar refractivity (Wildman–Crippen MR) is 108 cm³/mol. The lowest BCUT2D eigenvalue weighted by Crippen LogP contribution is -2.40. The van der Waals surface area contributed by atoms with E-state index in [-0.39, 0.29) is 6.42 Å². The number of amides is 3. The first-order valence-electron chi connectivity index (χ1n) is 9.08. The highest BCUT2D eigenvalue weighted by Crippen LogP contribution is 2.26. The summed E-state index contributed by atoms with van der Waals surface area (Å²) in [5.41, 5.74) is 1.95. The molecule has 2 unspecified atom stereocenters. The van der Waals surface area contributed by atoms with Crippen molar-refractivity contribution in [1.29, 1.82) is 0 Å². The quantitative estimate of drug-likeness (QED) is 0.530. The van der Waals surface area contributed by atoms with E-state index in [0.29, 0.717) is 12.8 Å². The normalized spacial score (nSPS) is 17.8. The van der Waals surface area contributed by atoms with Gasteiger partial charge in [0.05, 0.1) is 5.37 Å². The van der Waals surface area contributed by atoms with Gasteiger partial charge in [0.15, 0.2) is 0 Å². The van der Waals surface area contributed by atoms with E-state index in [1.165, 1.54) is 0 Å². The Morgan fingerprint density at radius 1 is 1.00 bits per heavy atom. The van der Waals surface area contributed by atoms with Crippen LogP contribution in [0.5, 0.6) is 0 Å². The van der Waals surface area contributed by atoms with Gasteiger partial charge in [-0.1, -0.05) is 60.7 Å². The van der Waals surface area contributed by atoms with Crippen molar-refractivity contribution in [2.45, 2.75) is 30.7 Å². The van der Waals surface area contributed by atoms with Gasteiger partial charge < -0.3 is 10.0 Å². The molecule has 1 fully saturated rings. The average molecular weight is 398 g/mol. The van der Waals surface area contributed by atoms with Crippen molar-refractivity contribution in [3.8, 4) is 0 Å². The second kappa shape index (κ2) is 8.93. The zero-order valence-electron chi connectivity index (χ0n) is 15.3. The standard InChI is InChI=1S/C21H22N2O4S/c24-19(25)14-22-17(13-16-9-5-2-6-10-16)20(26)23(21(22)27)18(28)12-11-15-7-3-1-4-8-15/h1-10,17-18,28H,11-14H2,(H,24,25). The van der Waals surface area contributed by atoms with Crippen molar-refractivity contribution in [3.05, 3.63) is 71.8 Å². The Morgan fingerprint density at radius 3 is 2.14 bits per heavy atom. The third-order valence-electron chi connectivity index (χ3n) is 4.76. The maximum absolute atomic E-state index is 13.0. The summed E-state index contributed by atoms with van der Waals surface area (Å²) in [4.78, 5) is 39.3. The molecule has 2 aromatic carbocycles. The van der Waals surface area contributed by atoms with Crippen LogP contribution < -0.4 is 0 Å². The van der Waals surface area contributed by atoms with Crippen LogP contribution in [0.15, 0.2) is 60.7 Å². The highest BCUT2D eigenvalue weighted by atomic mass is 32.1. The van der Waals surface area contributed by atoms with Crippen LogP contribution in [0.25, 0.3) is 0 Å². The molecule has 0 radical (unpaired) electrons. The SMILES string of the molecule is O=C(O)CN1C(=O)N(C(S)CCc2ccccc2)C(=O)C1Cc1ccccc1. The zero-order valence-corrected chi connectivity index (χ0v) is 16.2. The number of imide groups is 1. The molecule has 146 valence electrons. The Morgan fingerprint density at radius 2 is 1.57 bits per heavy atom. The Hall–Kier alpha value is -2.80. The Bertz CT molecular complexity index is 844. The lowest BCUT2D eigenvalue weighted by Gasteiger charge is -2.22. The van der Waals surface area contributed by atoms with E-state index >= 15 is 0 Å². The zero-order chi connectivity index (χ0) is 20.1. The first kappa shape index (κ1) is 19.9. The lowest BCUT2D eigenvalue weighted by atomic mass is 10.0. The van der Waals surface area contributed by atoms with Crippen molar-refractivity contribution in [2.75, 3.05) is 6.54 Å². The molecule has 3 amide bonds. The lowest BCUT2D eigenvalue weighted by molar-refractivity contribution is -0.138. The van der Waals surface area contributed by atoms with Crippen molar-refractivity contribution >= 4 is 30.5 Å². The van der Waals surface area contributed by atoms with Crippen LogP contribution in [0.1, 0.15) is 17.5 Å². The number of carbonyl (C=O) groups is 3. The molecular formula is C21H22N2O4S. The van der Waals surface area contributed by atoms with Crippen LogP contribution in [0.4, 0.5) is 4.79 Å². The summed E-state index contributed by atoms with van der Waals surface area (Å²) in [6.45, 7) is -0.516. The van der Waals surface area contributed by atoms with E-state index in [4.69, 9.17) is 0 Å². The monoisotopic (exact) mass is 398 g/mol. The Labute approximate surface area is 169 Å². The predicted octanol–water partition coefficient (Wildman–Crippen LogP) is 2.84. The maximum Gasteiger partial charge on any atom is 0.328 e. The van der Waals surface area contributed by atoms with E-state index in [1.807, 2.05) is 60.7 Å². The van der Waals surface area contributed by atoms with Crippen LogP contribution in [0.3, 0.4) is 0 Å². The average Bonchev–Trinajstić information content (AvgIpc) is 2.91. The largest absolute Gasteiger partial charge is 0.480 e. The Balaban J connectivity index is 1.76. The first-order valence-corrected chi connectivity index (χ1v) is 9.60. The molecule has 2 atom stereocenters. The minimum absolute atomic E-state index is 0.272.